The molecule has 1 aliphatic carbocycles. The van der Waals surface area contributed by atoms with Gasteiger partial charge >= 0.3 is 5.69 Å². The normalized spacial score (nSPS) is 15.1. The molecule has 4 rings (SSSR count). The van der Waals surface area contributed by atoms with Gasteiger partial charge < -0.3 is 5.32 Å². The zero-order valence-electron chi connectivity index (χ0n) is 14.2. The van der Waals surface area contributed by atoms with E-state index in [4.69, 9.17) is 11.6 Å². The van der Waals surface area contributed by atoms with Gasteiger partial charge in [-0.1, -0.05) is 29.8 Å². The molecule has 6 nitrogen and oxygen atoms in total. The molecular formula is C19H19ClN4O2. The van der Waals surface area contributed by atoms with Gasteiger partial charge in [0.1, 0.15) is 0 Å². The maximum atomic E-state index is 12.2. The molecule has 134 valence electrons. The van der Waals surface area contributed by atoms with E-state index in [1.807, 2.05) is 30.3 Å². The Bertz CT molecular complexity index is 1000. The van der Waals surface area contributed by atoms with Crippen molar-refractivity contribution < 1.29 is 4.79 Å². The van der Waals surface area contributed by atoms with Crippen molar-refractivity contribution in [3.05, 3.63) is 69.7 Å². The fraction of sp³-hybridized carbons (Fsp3) is 0.316. The molecule has 1 amide bonds. The number of rotatable bonds is 6. The molecule has 0 aliphatic heterocycles. The van der Waals surface area contributed by atoms with Gasteiger partial charge in [0, 0.05) is 29.6 Å². The predicted molar refractivity (Wildman–Crippen MR) is 99.4 cm³/mol. The molecule has 0 saturated heterocycles. The van der Waals surface area contributed by atoms with E-state index < -0.39 is 0 Å². The van der Waals surface area contributed by atoms with E-state index in [1.165, 1.54) is 14.6 Å². The first-order valence-electron chi connectivity index (χ1n) is 8.64. The van der Waals surface area contributed by atoms with Crippen LogP contribution < -0.4 is 11.0 Å². The maximum Gasteiger partial charge on any atom is 0.350 e. The number of amides is 1. The standard InChI is InChI=1S/C19H19ClN4O2/c20-15-6-4-14(5-7-15)19(9-10-19)13-21-17(25)8-12-24-18(26)23-11-2-1-3-16(23)22-24/h1-7,11H,8-10,12-13H2,(H,21,25). The maximum absolute atomic E-state index is 12.2. The van der Waals surface area contributed by atoms with Crippen LogP contribution in [0, 0.1) is 0 Å². The summed E-state index contributed by atoms with van der Waals surface area (Å²) in [6.45, 7) is 0.869. The van der Waals surface area contributed by atoms with Gasteiger partial charge in [-0.15, -0.1) is 5.10 Å². The minimum atomic E-state index is -0.228. The fourth-order valence-corrected chi connectivity index (χ4v) is 3.33. The smallest absolute Gasteiger partial charge is 0.350 e. The Labute approximate surface area is 155 Å². The van der Waals surface area contributed by atoms with Crippen LogP contribution in [0.4, 0.5) is 0 Å². The van der Waals surface area contributed by atoms with E-state index in [1.54, 1.807) is 18.3 Å². The molecule has 1 aliphatic rings. The van der Waals surface area contributed by atoms with Crippen LogP contribution in [0.5, 0.6) is 0 Å². The number of carbonyl (C=O) groups excluding carboxylic acids is 1. The fourth-order valence-electron chi connectivity index (χ4n) is 3.20. The number of nitrogens with one attached hydrogen (secondary N) is 1. The number of fused-ring (bicyclic) bond motifs is 1. The topological polar surface area (TPSA) is 68.4 Å². The second kappa shape index (κ2) is 6.61. The van der Waals surface area contributed by atoms with E-state index in [9.17, 15) is 9.59 Å². The van der Waals surface area contributed by atoms with E-state index in [0.717, 1.165) is 12.8 Å². The Balaban J connectivity index is 1.35. The number of carbonyl (C=O) groups is 1. The van der Waals surface area contributed by atoms with Gasteiger partial charge in [0.2, 0.25) is 5.91 Å². The average Bonchev–Trinajstić information content (AvgIpc) is 3.38. The third kappa shape index (κ3) is 3.24. The number of aromatic nitrogens is 3. The van der Waals surface area contributed by atoms with Crippen LogP contribution in [-0.2, 0) is 16.8 Å². The van der Waals surface area contributed by atoms with Gasteiger partial charge in [-0.05, 0) is 42.7 Å². The molecule has 0 bridgehead atoms. The van der Waals surface area contributed by atoms with E-state index >= 15 is 0 Å². The lowest BCUT2D eigenvalue weighted by atomic mass is 9.96. The molecule has 1 N–H and O–H groups in total. The summed E-state index contributed by atoms with van der Waals surface area (Å²) in [5.41, 5.74) is 1.59. The Kier molecular flexibility index (Phi) is 4.28. The van der Waals surface area contributed by atoms with Crippen LogP contribution in [0.1, 0.15) is 24.8 Å². The van der Waals surface area contributed by atoms with Gasteiger partial charge in [-0.25, -0.2) is 9.48 Å². The van der Waals surface area contributed by atoms with Gasteiger partial charge in [0.15, 0.2) is 5.65 Å². The molecule has 1 aromatic carbocycles. The van der Waals surface area contributed by atoms with Crippen molar-refractivity contribution in [2.75, 3.05) is 6.54 Å². The Morgan fingerprint density at radius 2 is 1.96 bits per heavy atom. The van der Waals surface area contributed by atoms with Crippen molar-refractivity contribution in [2.24, 2.45) is 0 Å². The summed E-state index contributed by atoms with van der Waals surface area (Å²) in [7, 11) is 0. The Hall–Kier alpha value is -2.60. The van der Waals surface area contributed by atoms with Crippen LogP contribution >= 0.6 is 11.6 Å². The summed E-state index contributed by atoms with van der Waals surface area (Å²) in [5.74, 6) is -0.0748. The van der Waals surface area contributed by atoms with Crippen LogP contribution in [-0.4, -0.2) is 26.6 Å². The number of hydrogen-bond donors (Lipinski definition) is 1. The summed E-state index contributed by atoms with van der Waals surface area (Å²) in [6.07, 6.45) is 4.01. The number of halogens is 1. The summed E-state index contributed by atoms with van der Waals surface area (Å²) >= 11 is 5.95. The van der Waals surface area contributed by atoms with Gasteiger partial charge in [-0.3, -0.25) is 9.20 Å². The summed E-state index contributed by atoms with van der Waals surface area (Å²) in [6, 6.07) is 13.2. The molecule has 1 fully saturated rings. The van der Waals surface area contributed by atoms with Crippen LogP contribution in [0.3, 0.4) is 0 Å². The predicted octanol–water partition coefficient (Wildman–Crippen LogP) is 2.39. The van der Waals surface area contributed by atoms with Crippen molar-refractivity contribution in [3.63, 3.8) is 0 Å². The van der Waals surface area contributed by atoms with Crippen molar-refractivity contribution in [2.45, 2.75) is 31.2 Å². The van der Waals surface area contributed by atoms with Crippen molar-refractivity contribution in [1.82, 2.24) is 19.5 Å². The monoisotopic (exact) mass is 370 g/mol. The van der Waals surface area contributed by atoms with Crippen molar-refractivity contribution >= 4 is 23.2 Å². The largest absolute Gasteiger partial charge is 0.355 e. The minimum Gasteiger partial charge on any atom is -0.355 e. The molecule has 0 atom stereocenters. The lowest BCUT2D eigenvalue weighted by Gasteiger charge is -2.16. The first-order chi connectivity index (χ1) is 12.6. The molecule has 26 heavy (non-hydrogen) atoms. The van der Waals surface area contributed by atoms with Crippen LogP contribution in [0.15, 0.2) is 53.5 Å². The zero-order chi connectivity index (χ0) is 18.1. The third-order valence-corrected chi connectivity index (χ3v) is 5.23. The molecule has 0 unspecified atom stereocenters. The first-order valence-corrected chi connectivity index (χ1v) is 9.02. The zero-order valence-corrected chi connectivity index (χ0v) is 14.9. The van der Waals surface area contributed by atoms with Gasteiger partial charge in [0.25, 0.3) is 0 Å². The summed E-state index contributed by atoms with van der Waals surface area (Å²) < 4.78 is 2.80. The third-order valence-electron chi connectivity index (χ3n) is 4.97. The van der Waals surface area contributed by atoms with Gasteiger partial charge in [-0.2, -0.15) is 0 Å². The summed E-state index contributed by atoms with van der Waals surface area (Å²) in [5, 5.41) is 7.95. The second-order valence-corrected chi connectivity index (χ2v) is 7.18. The lowest BCUT2D eigenvalue weighted by Crippen LogP contribution is -2.33. The van der Waals surface area contributed by atoms with Crippen molar-refractivity contribution in [3.8, 4) is 0 Å². The average molecular weight is 371 g/mol. The summed E-state index contributed by atoms with van der Waals surface area (Å²) in [4.78, 5) is 24.4. The number of aryl methyl sites for hydroxylation is 1. The number of benzene rings is 1. The quantitative estimate of drug-likeness (QED) is 0.724. The van der Waals surface area contributed by atoms with E-state index in [0.29, 0.717) is 17.2 Å². The number of pyridine rings is 1. The van der Waals surface area contributed by atoms with E-state index in [-0.39, 0.29) is 30.0 Å². The molecular weight excluding hydrogens is 352 g/mol. The number of nitrogens with zero attached hydrogens (tertiary/aromatic N) is 3. The molecule has 0 radical (unpaired) electrons. The Morgan fingerprint density at radius 1 is 1.19 bits per heavy atom. The Morgan fingerprint density at radius 3 is 2.65 bits per heavy atom. The van der Waals surface area contributed by atoms with Crippen LogP contribution in [0.2, 0.25) is 5.02 Å². The molecule has 7 heteroatoms. The lowest BCUT2D eigenvalue weighted by molar-refractivity contribution is -0.121. The second-order valence-electron chi connectivity index (χ2n) is 6.75. The van der Waals surface area contributed by atoms with E-state index in [2.05, 4.69) is 10.4 Å². The highest BCUT2D eigenvalue weighted by molar-refractivity contribution is 6.30. The van der Waals surface area contributed by atoms with Crippen molar-refractivity contribution in [1.29, 1.82) is 0 Å². The highest BCUT2D eigenvalue weighted by Gasteiger charge is 2.44. The highest BCUT2D eigenvalue weighted by Crippen LogP contribution is 2.47. The number of hydrogen-bond acceptors (Lipinski definition) is 3. The molecule has 0 spiro atoms. The minimum absolute atomic E-state index is 0.0280. The molecule has 1 saturated carbocycles. The van der Waals surface area contributed by atoms with Gasteiger partial charge in [0.05, 0.1) is 6.54 Å². The molecule has 2 aromatic heterocycles. The van der Waals surface area contributed by atoms with Crippen LogP contribution in [0.25, 0.3) is 5.65 Å². The SMILES string of the molecule is O=C(CCn1nc2ccccn2c1=O)NCC1(c2ccc(Cl)cc2)CC1. The highest BCUT2D eigenvalue weighted by atomic mass is 35.5. The first kappa shape index (κ1) is 16.8. The molecule has 2 heterocycles. The molecule has 3 aromatic rings.